The molecule has 2 heterocycles. The predicted octanol–water partition coefficient (Wildman–Crippen LogP) is 5.80. The molecule has 6 atom stereocenters. The van der Waals surface area contributed by atoms with Crippen LogP contribution in [0.1, 0.15) is 134 Å². The molecule has 4 rings (SSSR count). The molecule has 22 nitrogen and oxygen atoms in total. The number of para-hydroxylation sites is 1. The van der Waals surface area contributed by atoms with Crippen molar-refractivity contribution in [2.24, 2.45) is 11.7 Å². The van der Waals surface area contributed by atoms with Gasteiger partial charge in [-0.1, -0.05) is 44.2 Å². The van der Waals surface area contributed by atoms with Crippen molar-refractivity contribution in [3.63, 3.8) is 0 Å². The monoisotopic (exact) mass is 1120 g/mol. The van der Waals surface area contributed by atoms with E-state index in [1.807, 2.05) is 34.6 Å². The van der Waals surface area contributed by atoms with Crippen molar-refractivity contribution in [2.45, 2.75) is 195 Å². The van der Waals surface area contributed by atoms with Crippen LogP contribution in [-0.4, -0.2) is 134 Å². The highest BCUT2D eigenvalue weighted by Crippen LogP contribution is 2.25. The maximum Gasteiger partial charge on any atom is 0.419 e. The topological polar surface area (TPSA) is 292 Å². The summed E-state index contributed by atoms with van der Waals surface area (Å²) in [4.78, 5) is 115. The quantitative estimate of drug-likeness (QED) is 0.0378. The minimum absolute atomic E-state index is 0.00961. The van der Waals surface area contributed by atoms with Crippen molar-refractivity contribution >= 4 is 58.6 Å². The highest BCUT2D eigenvalue weighted by molar-refractivity contribution is 5.97. The molecule has 0 bridgehead atoms. The van der Waals surface area contributed by atoms with E-state index < -0.39 is 113 Å². The Hall–Kier alpha value is -7.33. The first-order chi connectivity index (χ1) is 37.0. The molecule has 2 aromatic carbocycles. The molecular formula is C58H85N9O13. The number of nitrogens with one attached hydrogen (secondary N) is 5. The number of ether oxygens (including phenoxy) is 5. The number of nitrogens with two attached hydrogens (primary N) is 1. The Morgan fingerprint density at radius 3 is 1.74 bits per heavy atom. The van der Waals surface area contributed by atoms with E-state index >= 15 is 0 Å². The van der Waals surface area contributed by atoms with Crippen molar-refractivity contribution in [3.05, 3.63) is 84.1 Å². The average molecular weight is 1120 g/mol. The van der Waals surface area contributed by atoms with E-state index in [0.29, 0.717) is 27.8 Å². The molecule has 0 spiro atoms. The second-order valence-electron chi connectivity index (χ2n) is 24.1. The van der Waals surface area contributed by atoms with Crippen LogP contribution in [0.5, 0.6) is 5.75 Å². The first-order valence-corrected chi connectivity index (χ1v) is 27.0. The summed E-state index contributed by atoms with van der Waals surface area (Å²) in [6.07, 6.45) is 2.50. The van der Waals surface area contributed by atoms with Crippen LogP contribution in [0.2, 0.25) is 0 Å². The predicted molar refractivity (Wildman–Crippen MR) is 300 cm³/mol. The van der Waals surface area contributed by atoms with Gasteiger partial charge in [0.2, 0.25) is 29.5 Å². The number of carbonyl (C=O) groups excluding carboxylic acids is 8. The van der Waals surface area contributed by atoms with Crippen molar-refractivity contribution in [1.82, 2.24) is 40.7 Å². The Kier molecular flexibility index (Phi) is 22.6. The number of imidazole rings is 1. The van der Waals surface area contributed by atoms with Crippen LogP contribution < -0.4 is 37.1 Å². The number of carbonyl (C=O) groups is 8. The van der Waals surface area contributed by atoms with Gasteiger partial charge < -0.3 is 56.0 Å². The fourth-order valence-electron chi connectivity index (χ4n) is 7.94. The van der Waals surface area contributed by atoms with Crippen LogP contribution in [0.25, 0.3) is 10.9 Å². The highest BCUT2D eigenvalue weighted by atomic mass is 16.6. The molecule has 2 aromatic heterocycles. The summed E-state index contributed by atoms with van der Waals surface area (Å²) in [6, 6.07) is 5.95. The summed E-state index contributed by atoms with van der Waals surface area (Å²) in [7, 11) is 0. The van der Waals surface area contributed by atoms with Crippen LogP contribution in [-0.2, 0) is 67.0 Å². The lowest BCUT2D eigenvalue weighted by Gasteiger charge is -2.29. The van der Waals surface area contributed by atoms with Gasteiger partial charge in [-0.15, -0.1) is 0 Å². The number of hydrogen-bond donors (Lipinski definition) is 6. The van der Waals surface area contributed by atoms with Crippen LogP contribution in [0.4, 0.5) is 9.59 Å². The van der Waals surface area contributed by atoms with Gasteiger partial charge >= 0.3 is 18.2 Å². The van der Waals surface area contributed by atoms with Crippen LogP contribution in [0.15, 0.2) is 67.3 Å². The number of hydrogen-bond acceptors (Lipinski definition) is 15. The molecule has 440 valence electrons. The van der Waals surface area contributed by atoms with Gasteiger partial charge in [-0.2, -0.15) is 0 Å². The minimum Gasteiger partial charge on any atom is -0.488 e. The molecule has 0 saturated carbocycles. The molecular weight excluding hydrogens is 1030 g/mol. The standard InChI is InChI=1S/C58H85N9O13/c1-17-76-52(73)44(26-34(2)3)64-47(68)35(4)61-49(70)42(27-36-22-24-39(25-23-36)78-56(8,9)10)63-51(72)45(32-77-55(5,6)7)65-50(71)43(28-37-30-67(54(75)80-58(14,15)16)46-21-19-18-20-40(37)46)62-48(69)41(59)29-38-31-66(33-60-38)53(74)79-57(11,12)13/h18-25,30-31,33-35,41-45H,17,26-29,32,59H2,1-16H3,(H,61,70)(H,62,69)(H,63,72)(H,64,68)(H,65,71)/t35-,41+,42+,43+,44+,45+/m1/s1. The summed E-state index contributed by atoms with van der Waals surface area (Å²) in [5.41, 5.74) is 5.22. The van der Waals surface area contributed by atoms with E-state index in [2.05, 4.69) is 31.6 Å². The fourth-order valence-corrected chi connectivity index (χ4v) is 7.94. The SMILES string of the molecule is CCOC(=O)[C@H](CC(C)C)NC(=O)[C@@H](C)NC(=O)[C@H](Cc1ccc(OC(C)(C)C)cc1)NC(=O)[C@H](COC(C)(C)C)NC(=O)[C@H](Cc1cn(C(=O)OC(C)(C)C)c2ccccc12)NC(=O)[C@@H](N)Cc1cn(C(=O)OC(C)(C)C)cn1. The van der Waals surface area contributed by atoms with Crippen molar-refractivity contribution in [1.29, 1.82) is 0 Å². The van der Waals surface area contributed by atoms with Crippen LogP contribution >= 0.6 is 0 Å². The molecule has 0 aliphatic heterocycles. The third kappa shape index (κ3) is 21.4. The maximum absolute atomic E-state index is 14.9. The second-order valence-corrected chi connectivity index (χ2v) is 24.1. The third-order valence-electron chi connectivity index (χ3n) is 11.5. The number of rotatable bonds is 23. The van der Waals surface area contributed by atoms with E-state index in [-0.39, 0.29) is 43.9 Å². The summed E-state index contributed by atoms with van der Waals surface area (Å²) in [5, 5.41) is 14.2. The summed E-state index contributed by atoms with van der Waals surface area (Å²) in [6.45, 7) is 27.8. The average Bonchev–Trinajstić information content (AvgIpc) is 3.95. The number of fused-ring (bicyclic) bond motifs is 1. The van der Waals surface area contributed by atoms with Gasteiger partial charge in [0.15, 0.2) is 0 Å². The normalized spacial score (nSPS) is 14.4. The summed E-state index contributed by atoms with van der Waals surface area (Å²) < 4.78 is 30.8. The Morgan fingerprint density at radius 2 is 1.15 bits per heavy atom. The molecule has 0 radical (unpaired) electrons. The first kappa shape index (κ1) is 65.2. The van der Waals surface area contributed by atoms with E-state index in [4.69, 9.17) is 29.4 Å². The van der Waals surface area contributed by atoms with Crippen molar-refractivity contribution in [2.75, 3.05) is 13.2 Å². The molecule has 0 unspecified atom stereocenters. The molecule has 0 aliphatic rings. The van der Waals surface area contributed by atoms with Gasteiger partial charge in [-0.25, -0.2) is 23.9 Å². The summed E-state index contributed by atoms with van der Waals surface area (Å²) >= 11 is 0. The molecule has 0 saturated heterocycles. The number of amides is 5. The molecule has 5 amide bonds. The molecule has 80 heavy (non-hydrogen) atoms. The zero-order valence-electron chi connectivity index (χ0n) is 49.4. The smallest absolute Gasteiger partial charge is 0.419 e. The lowest BCUT2D eigenvalue weighted by Crippen LogP contribution is -2.60. The van der Waals surface area contributed by atoms with Crippen molar-refractivity contribution < 1.29 is 62.0 Å². The van der Waals surface area contributed by atoms with E-state index in [9.17, 15) is 38.4 Å². The minimum atomic E-state index is -1.52. The lowest BCUT2D eigenvalue weighted by molar-refractivity contribution is -0.148. The Balaban J connectivity index is 1.73. The van der Waals surface area contributed by atoms with Gasteiger partial charge in [-0.3, -0.25) is 28.5 Å². The van der Waals surface area contributed by atoms with Gasteiger partial charge in [0.25, 0.3) is 0 Å². The number of benzene rings is 2. The van der Waals surface area contributed by atoms with Gasteiger partial charge in [0.05, 0.1) is 36.1 Å². The van der Waals surface area contributed by atoms with Crippen molar-refractivity contribution in [3.8, 4) is 5.75 Å². The maximum atomic E-state index is 14.9. The summed E-state index contributed by atoms with van der Waals surface area (Å²) in [5.74, 6) is -4.04. The zero-order chi connectivity index (χ0) is 60.1. The molecule has 22 heteroatoms. The number of nitrogens with zero attached hydrogens (tertiary/aromatic N) is 3. The highest BCUT2D eigenvalue weighted by Gasteiger charge is 2.35. The van der Waals surface area contributed by atoms with Gasteiger partial charge in [0, 0.05) is 37.0 Å². The number of esters is 1. The first-order valence-electron chi connectivity index (χ1n) is 27.0. The van der Waals surface area contributed by atoms with E-state index in [0.717, 1.165) is 4.57 Å². The van der Waals surface area contributed by atoms with Gasteiger partial charge in [-0.05, 0) is 139 Å². The molecule has 4 aromatic rings. The second kappa shape index (κ2) is 27.7. The van der Waals surface area contributed by atoms with E-state index in [1.165, 1.54) is 30.2 Å². The van der Waals surface area contributed by atoms with E-state index in [1.54, 1.807) is 118 Å². The van der Waals surface area contributed by atoms with Crippen LogP contribution in [0.3, 0.4) is 0 Å². The van der Waals surface area contributed by atoms with Crippen LogP contribution in [0, 0.1) is 5.92 Å². The van der Waals surface area contributed by atoms with Gasteiger partial charge in [0.1, 0.15) is 59.1 Å². The Morgan fingerprint density at radius 1 is 0.600 bits per heavy atom. The lowest BCUT2D eigenvalue weighted by atomic mass is 10.0. The molecule has 7 N–H and O–H groups in total. The zero-order valence-corrected chi connectivity index (χ0v) is 49.4. The Bertz CT molecular complexity index is 2790. The molecule has 0 aliphatic carbocycles. The molecule has 0 fully saturated rings. The largest absolute Gasteiger partial charge is 0.488 e. The Labute approximate surface area is 469 Å². The fraction of sp³-hybridized carbons (Fsp3) is 0.569. The number of aromatic nitrogens is 3. The third-order valence-corrected chi connectivity index (χ3v) is 11.5.